The molecule has 2 aromatic rings. The van der Waals surface area contributed by atoms with E-state index in [0.29, 0.717) is 34.9 Å². The van der Waals surface area contributed by atoms with E-state index in [0.717, 1.165) is 5.56 Å². The van der Waals surface area contributed by atoms with Crippen LogP contribution >= 0.6 is 11.6 Å². The van der Waals surface area contributed by atoms with Gasteiger partial charge in [-0.05, 0) is 48.7 Å². The standard InChI is InChI=1S/C20H19ClO5/c1-24-17-8-3-13(11-18(17)25-2)16(22)12-26-19(23)20(9-10-20)14-4-6-15(21)7-5-14/h3-8,11H,9-10,12H2,1-2H3. The summed E-state index contributed by atoms with van der Waals surface area (Å²) in [5.41, 5.74) is 0.611. The molecule has 0 N–H and O–H groups in total. The van der Waals surface area contributed by atoms with Crippen LogP contribution in [0.2, 0.25) is 5.02 Å². The van der Waals surface area contributed by atoms with Crippen LogP contribution in [0.25, 0.3) is 0 Å². The van der Waals surface area contributed by atoms with Gasteiger partial charge in [-0.1, -0.05) is 23.7 Å². The average molecular weight is 375 g/mol. The van der Waals surface area contributed by atoms with E-state index in [4.69, 9.17) is 25.8 Å². The van der Waals surface area contributed by atoms with Crippen LogP contribution in [0.3, 0.4) is 0 Å². The Morgan fingerprint density at radius 3 is 2.23 bits per heavy atom. The van der Waals surface area contributed by atoms with Crippen molar-refractivity contribution in [1.29, 1.82) is 0 Å². The molecule has 0 aromatic heterocycles. The molecular weight excluding hydrogens is 356 g/mol. The lowest BCUT2D eigenvalue weighted by molar-refractivity contribution is -0.145. The topological polar surface area (TPSA) is 61.8 Å². The van der Waals surface area contributed by atoms with Gasteiger partial charge in [-0.25, -0.2) is 0 Å². The van der Waals surface area contributed by atoms with Crippen LogP contribution in [0.15, 0.2) is 42.5 Å². The van der Waals surface area contributed by atoms with Gasteiger partial charge >= 0.3 is 5.97 Å². The summed E-state index contributed by atoms with van der Waals surface area (Å²) in [6.07, 6.45) is 1.41. The van der Waals surface area contributed by atoms with E-state index in [9.17, 15) is 9.59 Å². The Bertz CT molecular complexity index is 825. The second-order valence-corrected chi connectivity index (χ2v) is 6.59. The number of esters is 1. The van der Waals surface area contributed by atoms with Crippen molar-refractivity contribution in [3.8, 4) is 11.5 Å². The third kappa shape index (κ3) is 3.53. The zero-order chi connectivity index (χ0) is 18.7. The number of ether oxygens (including phenoxy) is 3. The van der Waals surface area contributed by atoms with Crippen molar-refractivity contribution in [3.63, 3.8) is 0 Å². The van der Waals surface area contributed by atoms with Crippen molar-refractivity contribution in [2.45, 2.75) is 18.3 Å². The molecule has 1 aliphatic carbocycles. The fraction of sp³-hybridized carbons (Fsp3) is 0.300. The minimum Gasteiger partial charge on any atom is -0.493 e. The summed E-state index contributed by atoms with van der Waals surface area (Å²) < 4.78 is 15.6. The summed E-state index contributed by atoms with van der Waals surface area (Å²) in [6.45, 7) is -0.316. The van der Waals surface area contributed by atoms with Crippen molar-refractivity contribution in [3.05, 3.63) is 58.6 Å². The fourth-order valence-electron chi connectivity index (χ4n) is 2.87. The number of halogens is 1. The predicted molar refractivity (Wildman–Crippen MR) is 97.2 cm³/mol. The maximum atomic E-state index is 12.5. The minimum absolute atomic E-state index is 0.300. The van der Waals surface area contributed by atoms with Crippen LogP contribution in [0.4, 0.5) is 0 Å². The molecule has 5 nitrogen and oxygen atoms in total. The van der Waals surface area contributed by atoms with E-state index in [1.807, 2.05) is 12.1 Å². The second-order valence-electron chi connectivity index (χ2n) is 6.16. The van der Waals surface area contributed by atoms with E-state index < -0.39 is 5.41 Å². The van der Waals surface area contributed by atoms with E-state index in [1.54, 1.807) is 30.3 Å². The molecule has 26 heavy (non-hydrogen) atoms. The first-order valence-electron chi connectivity index (χ1n) is 8.18. The molecule has 1 aliphatic rings. The second kappa shape index (κ2) is 7.38. The zero-order valence-electron chi connectivity index (χ0n) is 14.6. The van der Waals surface area contributed by atoms with E-state index in [-0.39, 0.29) is 18.4 Å². The maximum Gasteiger partial charge on any atom is 0.317 e. The molecule has 6 heteroatoms. The third-order valence-electron chi connectivity index (χ3n) is 4.58. The van der Waals surface area contributed by atoms with Crippen LogP contribution in [-0.2, 0) is 14.9 Å². The first-order valence-corrected chi connectivity index (χ1v) is 8.56. The molecule has 136 valence electrons. The van der Waals surface area contributed by atoms with Gasteiger partial charge in [0.25, 0.3) is 0 Å². The van der Waals surface area contributed by atoms with Crippen LogP contribution < -0.4 is 9.47 Å². The van der Waals surface area contributed by atoms with Gasteiger partial charge in [0.15, 0.2) is 23.9 Å². The zero-order valence-corrected chi connectivity index (χ0v) is 15.3. The van der Waals surface area contributed by atoms with Crippen molar-refractivity contribution >= 4 is 23.4 Å². The Labute approximate surface area is 156 Å². The molecule has 0 saturated heterocycles. The normalized spacial score (nSPS) is 14.4. The highest BCUT2D eigenvalue weighted by molar-refractivity contribution is 6.30. The Kier molecular flexibility index (Phi) is 5.18. The molecule has 0 atom stereocenters. The molecule has 0 bridgehead atoms. The molecule has 1 fully saturated rings. The van der Waals surface area contributed by atoms with Crippen molar-refractivity contribution in [2.75, 3.05) is 20.8 Å². The molecule has 0 heterocycles. The van der Waals surface area contributed by atoms with Crippen molar-refractivity contribution in [2.24, 2.45) is 0 Å². The number of rotatable bonds is 7. The summed E-state index contributed by atoms with van der Waals surface area (Å²) >= 11 is 5.90. The first-order chi connectivity index (χ1) is 12.5. The predicted octanol–water partition coefficient (Wildman–Crippen LogP) is 3.81. The largest absolute Gasteiger partial charge is 0.493 e. The number of carbonyl (C=O) groups excluding carboxylic acids is 2. The summed E-state index contributed by atoms with van der Waals surface area (Å²) in [4.78, 5) is 24.9. The lowest BCUT2D eigenvalue weighted by atomic mass is 9.96. The number of carbonyl (C=O) groups is 2. The minimum atomic E-state index is -0.650. The van der Waals surface area contributed by atoms with Gasteiger partial charge in [-0.3, -0.25) is 9.59 Å². The van der Waals surface area contributed by atoms with Gasteiger partial charge in [0.2, 0.25) is 0 Å². The number of methoxy groups -OCH3 is 2. The smallest absolute Gasteiger partial charge is 0.317 e. The van der Waals surface area contributed by atoms with Gasteiger partial charge < -0.3 is 14.2 Å². The molecule has 0 spiro atoms. The van der Waals surface area contributed by atoms with Crippen LogP contribution in [0.5, 0.6) is 11.5 Å². The number of hydrogen-bond donors (Lipinski definition) is 0. The van der Waals surface area contributed by atoms with Gasteiger partial charge in [0.1, 0.15) is 0 Å². The monoisotopic (exact) mass is 374 g/mol. The molecule has 0 aliphatic heterocycles. The highest BCUT2D eigenvalue weighted by atomic mass is 35.5. The molecule has 3 rings (SSSR count). The summed E-state index contributed by atoms with van der Waals surface area (Å²) in [5.74, 6) is 0.296. The highest BCUT2D eigenvalue weighted by Crippen LogP contribution is 2.49. The Balaban J connectivity index is 1.66. The molecule has 0 amide bonds. The quantitative estimate of drug-likeness (QED) is 0.544. The van der Waals surface area contributed by atoms with Crippen LogP contribution in [0.1, 0.15) is 28.8 Å². The number of hydrogen-bond acceptors (Lipinski definition) is 5. The number of benzene rings is 2. The van der Waals surface area contributed by atoms with Gasteiger partial charge in [0.05, 0.1) is 19.6 Å². The average Bonchev–Trinajstić information content (AvgIpc) is 3.47. The summed E-state index contributed by atoms with van der Waals surface area (Å²) in [5, 5.41) is 0.613. The van der Waals surface area contributed by atoms with Crippen molar-refractivity contribution in [1.82, 2.24) is 0 Å². The van der Waals surface area contributed by atoms with Gasteiger partial charge in [-0.15, -0.1) is 0 Å². The molecule has 1 saturated carbocycles. The first kappa shape index (κ1) is 18.3. The molecular formula is C20H19ClO5. The molecule has 0 unspecified atom stereocenters. The van der Waals surface area contributed by atoms with E-state index in [2.05, 4.69) is 0 Å². The van der Waals surface area contributed by atoms with Gasteiger partial charge in [0, 0.05) is 10.6 Å². The third-order valence-corrected chi connectivity index (χ3v) is 4.83. The number of ketones is 1. The van der Waals surface area contributed by atoms with E-state index >= 15 is 0 Å². The fourth-order valence-corrected chi connectivity index (χ4v) is 2.99. The SMILES string of the molecule is COc1ccc(C(=O)COC(=O)C2(c3ccc(Cl)cc3)CC2)cc1OC. The Morgan fingerprint density at radius 2 is 1.65 bits per heavy atom. The molecule has 2 aromatic carbocycles. The lowest BCUT2D eigenvalue weighted by Gasteiger charge is -2.15. The maximum absolute atomic E-state index is 12.5. The summed E-state index contributed by atoms with van der Waals surface area (Å²) in [6, 6.07) is 12.0. The Morgan fingerprint density at radius 1 is 1.00 bits per heavy atom. The Hall–Kier alpha value is -2.53. The lowest BCUT2D eigenvalue weighted by Crippen LogP contribution is -2.25. The number of Topliss-reactive ketones (excluding diaryl/α,β-unsaturated/α-hetero) is 1. The van der Waals surface area contributed by atoms with Crippen LogP contribution in [-0.4, -0.2) is 32.6 Å². The highest BCUT2D eigenvalue weighted by Gasteiger charge is 2.52. The molecule has 0 radical (unpaired) electrons. The van der Waals surface area contributed by atoms with Crippen molar-refractivity contribution < 1.29 is 23.8 Å². The summed E-state index contributed by atoms with van der Waals surface area (Å²) in [7, 11) is 3.02. The van der Waals surface area contributed by atoms with Gasteiger partial charge in [-0.2, -0.15) is 0 Å². The van der Waals surface area contributed by atoms with E-state index in [1.165, 1.54) is 14.2 Å². The van der Waals surface area contributed by atoms with Crippen LogP contribution in [0, 0.1) is 0 Å².